The Kier molecular flexibility index (Phi) is 6.56. The van der Waals surface area contributed by atoms with Gasteiger partial charge in [0.15, 0.2) is 0 Å². The van der Waals surface area contributed by atoms with E-state index in [-0.39, 0.29) is 31.2 Å². The minimum Gasteiger partial charge on any atom is -0.322 e. The SMILES string of the molecule is CCC(C)c1ccc(C(=O)C(=O)CCc2scc3c2CN(C2CCC(=O)NC2=O)C3=O)cc1. The van der Waals surface area contributed by atoms with Crippen molar-refractivity contribution in [2.24, 2.45) is 0 Å². The number of ketones is 2. The third kappa shape index (κ3) is 4.53. The summed E-state index contributed by atoms with van der Waals surface area (Å²) in [6.45, 7) is 4.50. The minimum absolute atomic E-state index is 0.0610. The summed E-state index contributed by atoms with van der Waals surface area (Å²) >= 11 is 1.40. The second kappa shape index (κ2) is 9.39. The molecule has 0 saturated carbocycles. The molecule has 1 N–H and O–H groups in total. The van der Waals surface area contributed by atoms with Crippen LogP contribution in [0.1, 0.15) is 82.2 Å². The van der Waals surface area contributed by atoms with E-state index < -0.39 is 23.5 Å². The van der Waals surface area contributed by atoms with Crippen molar-refractivity contribution < 1.29 is 24.0 Å². The van der Waals surface area contributed by atoms with Crippen molar-refractivity contribution in [2.45, 2.75) is 64.5 Å². The number of hydrogen-bond donors (Lipinski definition) is 1. The summed E-state index contributed by atoms with van der Waals surface area (Å²) in [7, 11) is 0. The fourth-order valence-corrected chi connectivity index (χ4v) is 5.35. The summed E-state index contributed by atoms with van der Waals surface area (Å²) < 4.78 is 0. The second-order valence-corrected chi connectivity index (χ2v) is 9.60. The zero-order valence-corrected chi connectivity index (χ0v) is 19.5. The molecule has 2 aromatic rings. The van der Waals surface area contributed by atoms with E-state index in [1.807, 2.05) is 12.1 Å². The lowest BCUT2D eigenvalue weighted by atomic mass is 9.95. The van der Waals surface area contributed by atoms with E-state index in [4.69, 9.17) is 0 Å². The van der Waals surface area contributed by atoms with E-state index in [0.29, 0.717) is 29.9 Å². The number of nitrogens with zero attached hydrogens (tertiary/aromatic N) is 1. The molecule has 2 aliphatic heterocycles. The Morgan fingerprint density at radius 3 is 2.58 bits per heavy atom. The van der Waals surface area contributed by atoms with Gasteiger partial charge < -0.3 is 4.90 Å². The van der Waals surface area contributed by atoms with Gasteiger partial charge in [-0.05, 0) is 36.3 Å². The molecular weight excluding hydrogens is 440 g/mol. The van der Waals surface area contributed by atoms with Crippen molar-refractivity contribution in [3.63, 3.8) is 0 Å². The number of hydrogen-bond acceptors (Lipinski definition) is 6. The van der Waals surface area contributed by atoms with Crippen LogP contribution < -0.4 is 5.32 Å². The molecule has 3 amide bonds. The Bertz CT molecular complexity index is 1130. The summed E-state index contributed by atoms with van der Waals surface area (Å²) in [6.07, 6.45) is 1.94. The molecule has 2 aliphatic rings. The van der Waals surface area contributed by atoms with E-state index in [0.717, 1.165) is 22.4 Å². The van der Waals surface area contributed by atoms with Gasteiger partial charge in [0.25, 0.3) is 5.91 Å². The highest BCUT2D eigenvalue weighted by atomic mass is 32.1. The highest BCUT2D eigenvalue weighted by Gasteiger charge is 2.40. The lowest BCUT2D eigenvalue weighted by Crippen LogP contribution is -2.52. The number of piperidine rings is 1. The van der Waals surface area contributed by atoms with Crippen LogP contribution in [0.5, 0.6) is 0 Å². The maximum Gasteiger partial charge on any atom is 0.256 e. The van der Waals surface area contributed by atoms with Crippen LogP contribution in [-0.2, 0) is 27.3 Å². The number of thiophene rings is 1. The first-order valence-corrected chi connectivity index (χ1v) is 12.1. The molecule has 3 heterocycles. The van der Waals surface area contributed by atoms with Gasteiger partial charge in [0.2, 0.25) is 23.4 Å². The molecular formula is C25H26N2O5S. The van der Waals surface area contributed by atoms with Gasteiger partial charge in [-0.25, -0.2) is 0 Å². The van der Waals surface area contributed by atoms with E-state index in [9.17, 15) is 24.0 Å². The summed E-state index contributed by atoms with van der Waals surface area (Å²) in [5, 5.41) is 4.04. The highest BCUT2D eigenvalue weighted by molar-refractivity contribution is 7.10. The molecule has 0 bridgehead atoms. The number of rotatable bonds is 8. The molecule has 0 spiro atoms. The standard InChI is InChI=1S/C25H26N2O5S/c1-3-14(2)15-4-6-16(7-5-15)23(30)20(28)9-10-21-17-12-27(25(32)18(17)13-33-21)19-8-11-22(29)26-24(19)31/h4-7,13-14,19H,3,8-12H2,1-2H3,(H,26,29,31). The average Bonchev–Trinajstić information content (AvgIpc) is 3.36. The van der Waals surface area contributed by atoms with Crippen molar-refractivity contribution in [3.05, 3.63) is 56.8 Å². The number of aryl methyl sites for hydroxylation is 1. The Morgan fingerprint density at radius 1 is 1.18 bits per heavy atom. The predicted octanol–water partition coefficient (Wildman–Crippen LogP) is 3.41. The molecule has 1 saturated heterocycles. The monoisotopic (exact) mass is 466 g/mol. The van der Waals surface area contributed by atoms with E-state index in [1.54, 1.807) is 17.5 Å². The van der Waals surface area contributed by atoms with Crippen LogP contribution in [0.25, 0.3) is 0 Å². The molecule has 1 aromatic heterocycles. The summed E-state index contributed by atoms with van der Waals surface area (Å²) in [4.78, 5) is 63.9. The first-order chi connectivity index (χ1) is 15.8. The predicted molar refractivity (Wildman–Crippen MR) is 123 cm³/mol. The fraction of sp³-hybridized carbons (Fsp3) is 0.400. The van der Waals surface area contributed by atoms with Gasteiger partial charge in [0.05, 0.1) is 5.56 Å². The Hall–Kier alpha value is -3.13. The van der Waals surface area contributed by atoms with Crippen LogP contribution in [0, 0.1) is 0 Å². The summed E-state index contributed by atoms with van der Waals surface area (Å²) in [5.41, 5.74) is 2.88. The molecule has 8 heteroatoms. The quantitative estimate of drug-likeness (QED) is 0.365. The molecule has 0 aliphatic carbocycles. The molecule has 7 nitrogen and oxygen atoms in total. The third-order valence-corrected chi connectivity index (χ3v) is 7.66. The summed E-state index contributed by atoms with van der Waals surface area (Å²) in [6, 6.07) is 6.55. The van der Waals surface area contributed by atoms with Crippen LogP contribution >= 0.6 is 11.3 Å². The number of amides is 3. The van der Waals surface area contributed by atoms with Gasteiger partial charge in [-0.1, -0.05) is 38.1 Å². The maximum atomic E-state index is 12.8. The van der Waals surface area contributed by atoms with Gasteiger partial charge in [0.1, 0.15) is 6.04 Å². The largest absolute Gasteiger partial charge is 0.322 e. The number of nitrogens with one attached hydrogen (secondary N) is 1. The third-order valence-electron chi connectivity index (χ3n) is 6.57. The van der Waals surface area contributed by atoms with E-state index in [1.165, 1.54) is 16.2 Å². The van der Waals surface area contributed by atoms with Crippen molar-refractivity contribution in [3.8, 4) is 0 Å². The van der Waals surface area contributed by atoms with E-state index >= 15 is 0 Å². The van der Waals surface area contributed by atoms with Gasteiger partial charge in [-0.3, -0.25) is 29.3 Å². The van der Waals surface area contributed by atoms with Crippen molar-refractivity contribution >= 4 is 40.6 Å². The molecule has 172 valence electrons. The first-order valence-electron chi connectivity index (χ1n) is 11.2. The van der Waals surface area contributed by atoms with Gasteiger partial charge in [-0.2, -0.15) is 0 Å². The number of imide groups is 1. The molecule has 2 unspecified atom stereocenters. The minimum atomic E-state index is -0.665. The average molecular weight is 467 g/mol. The first kappa shape index (κ1) is 23.0. The molecule has 0 radical (unpaired) electrons. The number of carbonyl (C=O) groups is 5. The van der Waals surface area contributed by atoms with Crippen LogP contribution in [0.15, 0.2) is 29.6 Å². The normalized spacial score (nSPS) is 18.8. The van der Waals surface area contributed by atoms with Crippen molar-refractivity contribution in [1.29, 1.82) is 0 Å². The Balaban J connectivity index is 1.39. The molecule has 4 rings (SSSR count). The summed E-state index contributed by atoms with van der Waals surface area (Å²) in [5.74, 6) is -1.57. The van der Waals surface area contributed by atoms with Crippen LogP contribution in [-0.4, -0.2) is 40.2 Å². The molecule has 33 heavy (non-hydrogen) atoms. The Labute approximate surface area is 196 Å². The number of carbonyl (C=O) groups excluding carboxylic acids is 5. The second-order valence-electron chi connectivity index (χ2n) is 8.63. The van der Waals surface area contributed by atoms with Crippen LogP contribution in [0.4, 0.5) is 0 Å². The van der Waals surface area contributed by atoms with Gasteiger partial charge in [0, 0.05) is 35.2 Å². The van der Waals surface area contributed by atoms with Gasteiger partial charge in [-0.15, -0.1) is 11.3 Å². The molecule has 1 aromatic carbocycles. The molecule has 1 fully saturated rings. The van der Waals surface area contributed by atoms with E-state index in [2.05, 4.69) is 19.2 Å². The number of benzene rings is 1. The number of Topliss-reactive ketones (excluding diaryl/α,β-unsaturated/α-hetero) is 2. The lowest BCUT2D eigenvalue weighted by Gasteiger charge is -2.29. The number of fused-ring (bicyclic) bond motifs is 1. The zero-order chi connectivity index (χ0) is 23.7. The molecule has 2 atom stereocenters. The van der Waals surface area contributed by atoms with Crippen LogP contribution in [0.2, 0.25) is 0 Å². The van der Waals surface area contributed by atoms with Crippen molar-refractivity contribution in [2.75, 3.05) is 0 Å². The van der Waals surface area contributed by atoms with Crippen LogP contribution in [0.3, 0.4) is 0 Å². The lowest BCUT2D eigenvalue weighted by molar-refractivity contribution is -0.136. The maximum absolute atomic E-state index is 12.8. The topological polar surface area (TPSA) is 101 Å². The smallest absolute Gasteiger partial charge is 0.256 e. The highest BCUT2D eigenvalue weighted by Crippen LogP contribution is 2.34. The van der Waals surface area contributed by atoms with Gasteiger partial charge >= 0.3 is 0 Å². The van der Waals surface area contributed by atoms with Crippen molar-refractivity contribution in [1.82, 2.24) is 10.2 Å². The Morgan fingerprint density at radius 2 is 1.91 bits per heavy atom. The fourth-order valence-electron chi connectivity index (χ4n) is 4.31. The zero-order valence-electron chi connectivity index (χ0n) is 18.7.